The number of fused-ring (bicyclic) bond motifs is 5. The smallest absolute Gasteiger partial charge is 0.338 e. The Morgan fingerprint density at radius 2 is 1.66 bits per heavy atom. The van der Waals surface area contributed by atoms with E-state index in [1.54, 1.807) is 71.9 Å². The molecule has 12 heteroatoms. The molecule has 3 aliphatic carbocycles. The van der Waals surface area contributed by atoms with Gasteiger partial charge in [0, 0.05) is 119 Å². The summed E-state index contributed by atoms with van der Waals surface area (Å²) in [7, 11) is 0. The molecule has 4 aliphatic rings. The minimum atomic E-state index is -2.03. The van der Waals surface area contributed by atoms with E-state index in [2.05, 4.69) is 0 Å². The van der Waals surface area contributed by atoms with Crippen LogP contribution in [0.3, 0.4) is 0 Å². The first-order valence-corrected chi connectivity index (χ1v) is 16.0. The van der Waals surface area contributed by atoms with Crippen LogP contribution in [-0.2, 0) is 28.5 Å². The third kappa shape index (κ3) is 6.59. The first-order chi connectivity index (χ1) is 21.0. The molecule has 1 heterocycles. The van der Waals surface area contributed by atoms with E-state index in [0.29, 0.717) is 5.57 Å². The molecule has 1 aromatic rings. The molecular weight excluding hydrogens is 1030 g/mol. The zero-order chi connectivity index (χ0) is 33.3. The van der Waals surface area contributed by atoms with Crippen LogP contribution >= 0.6 is 0 Å². The SMILES string of the molecule is CCOC1CC2OCC2(O)C2C(OC(=O)c3ccccc3)C3(O)CC(OC(=O)[C@H](C)C(C)C)C(C)=C(C(O)C(=O)[C@]12C)C3(C)C.[Ac].[Ac]. The zero-order valence-corrected chi connectivity index (χ0v) is 38.2. The van der Waals surface area contributed by atoms with E-state index in [9.17, 15) is 29.7 Å². The van der Waals surface area contributed by atoms with Crippen LogP contribution in [0.2, 0.25) is 0 Å². The predicted octanol–water partition coefficient (Wildman–Crippen LogP) is 3.40. The predicted molar refractivity (Wildman–Crippen MR) is 163 cm³/mol. The molecule has 1 aliphatic heterocycles. The summed E-state index contributed by atoms with van der Waals surface area (Å²) in [5.41, 5.74) is -5.85. The number of carbonyl (C=O) groups is 3. The van der Waals surface area contributed by atoms with Crippen LogP contribution in [-0.4, -0.2) is 88.0 Å². The molecule has 2 saturated carbocycles. The topological polar surface area (TPSA) is 149 Å². The van der Waals surface area contributed by atoms with E-state index in [1.807, 2.05) is 13.8 Å². The number of Topliss-reactive ketones (excluding diaryl/α,β-unsaturated/α-hetero) is 1. The van der Waals surface area contributed by atoms with Crippen molar-refractivity contribution in [2.75, 3.05) is 13.2 Å². The average molecular weight is 1080 g/mol. The molecule has 3 fully saturated rings. The van der Waals surface area contributed by atoms with Gasteiger partial charge in [-0.2, -0.15) is 0 Å². The first-order valence-electron chi connectivity index (χ1n) is 16.0. The maximum Gasteiger partial charge on any atom is 0.338 e. The standard InChI is InChI=1S/C35H48O10.2Ac/c1-9-42-23-15-24-34(40,17-43-24)27-29(45-31(39)21-13-11-10-12-14-21)35(41)16-22(44-30(38)19(4)18(2)3)20(5)25(32(35,6)7)26(36)28(37)33(23,27)8;;/h10-14,18-19,22-24,26-27,29,36,40-41H,9,15-17H2,1-8H3;;/t19-,22?,23?,24?,26?,27?,29?,33-,34?,35?;;/m1../s1. The number of esters is 2. The zero-order valence-electron chi connectivity index (χ0n) is 28.7. The normalized spacial score (nSPS) is 37.8. The maximum atomic E-state index is 14.8. The van der Waals surface area contributed by atoms with E-state index in [-0.39, 0.29) is 131 Å². The summed E-state index contributed by atoms with van der Waals surface area (Å²) in [4.78, 5) is 41.9. The van der Waals surface area contributed by atoms with Crippen molar-refractivity contribution in [3.8, 4) is 0 Å². The first kappa shape index (κ1) is 41.7. The quantitative estimate of drug-likeness (QED) is 0.275. The van der Waals surface area contributed by atoms with Gasteiger partial charge in [0.2, 0.25) is 0 Å². The van der Waals surface area contributed by atoms with E-state index >= 15 is 0 Å². The summed E-state index contributed by atoms with van der Waals surface area (Å²) < 4.78 is 24.3. The Hall–Kier alpha value is 0.253. The largest absolute Gasteiger partial charge is 0.458 e. The second-order valence-electron chi connectivity index (χ2n) is 14.5. The Balaban J connectivity index is 0.00000300. The fourth-order valence-electron chi connectivity index (χ4n) is 8.32. The number of hydrogen-bond acceptors (Lipinski definition) is 10. The van der Waals surface area contributed by atoms with E-state index < -0.39 is 82.1 Å². The molecule has 8 unspecified atom stereocenters. The molecule has 0 spiro atoms. The van der Waals surface area contributed by atoms with E-state index in [0.717, 1.165) is 0 Å². The number of ketones is 1. The molecule has 0 amide bonds. The number of ether oxygens (including phenoxy) is 4. The van der Waals surface area contributed by atoms with Gasteiger partial charge in [-0.25, -0.2) is 4.79 Å². The van der Waals surface area contributed by atoms with Gasteiger partial charge < -0.3 is 34.3 Å². The Kier molecular flexibility index (Phi) is 13.4. The molecule has 10 nitrogen and oxygen atoms in total. The molecule has 2 radical (unpaired) electrons. The Bertz CT molecular complexity index is 1380. The monoisotopic (exact) mass is 1080 g/mol. The summed E-state index contributed by atoms with van der Waals surface area (Å²) >= 11 is 0. The molecule has 254 valence electrons. The Morgan fingerprint density at radius 1 is 1.04 bits per heavy atom. The van der Waals surface area contributed by atoms with Crippen molar-refractivity contribution >= 4 is 17.7 Å². The van der Waals surface area contributed by atoms with Crippen LogP contribution in [0.4, 0.5) is 0 Å². The molecule has 1 aromatic carbocycles. The van der Waals surface area contributed by atoms with Gasteiger partial charge in [0.1, 0.15) is 29.5 Å². The number of benzene rings is 1. The second kappa shape index (κ2) is 15.1. The Labute approximate surface area is 349 Å². The van der Waals surface area contributed by atoms with Crippen molar-refractivity contribution in [2.45, 2.75) is 110 Å². The summed E-state index contributed by atoms with van der Waals surface area (Å²) in [5.74, 6) is -3.60. The van der Waals surface area contributed by atoms with Crippen molar-refractivity contribution in [3.05, 3.63) is 47.0 Å². The number of aliphatic hydroxyl groups excluding tert-OH is 1. The second-order valence-corrected chi connectivity index (χ2v) is 14.5. The van der Waals surface area contributed by atoms with Crippen LogP contribution in [0.15, 0.2) is 41.5 Å². The molecule has 1 saturated heterocycles. The summed E-state index contributed by atoms with van der Waals surface area (Å²) in [6.45, 7) is 14.1. The molecule has 10 atom stereocenters. The van der Waals surface area contributed by atoms with Gasteiger partial charge in [0.05, 0.1) is 35.7 Å². The van der Waals surface area contributed by atoms with Gasteiger partial charge >= 0.3 is 11.9 Å². The molecule has 0 aromatic heterocycles. The van der Waals surface area contributed by atoms with Crippen molar-refractivity contribution in [3.63, 3.8) is 0 Å². The summed E-state index contributed by atoms with van der Waals surface area (Å²) in [5, 5.41) is 37.5. The van der Waals surface area contributed by atoms with Crippen LogP contribution in [0.5, 0.6) is 0 Å². The molecule has 47 heavy (non-hydrogen) atoms. The van der Waals surface area contributed by atoms with Crippen molar-refractivity contribution < 1.29 is 137 Å². The van der Waals surface area contributed by atoms with Gasteiger partial charge in [-0.1, -0.05) is 52.8 Å². The van der Waals surface area contributed by atoms with Crippen LogP contribution in [0.1, 0.15) is 78.6 Å². The number of carbonyl (C=O) groups excluding carboxylic acids is 3. The Morgan fingerprint density at radius 3 is 2.19 bits per heavy atom. The van der Waals surface area contributed by atoms with Crippen molar-refractivity contribution in [1.82, 2.24) is 0 Å². The third-order valence-corrected chi connectivity index (χ3v) is 11.6. The fraction of sp³-hybridized carbons (Fsp3) is 0.686. The average Bonchev–Trinajstić information content (AvgIpc) is 2.98. The molecule has 3 N–H and O–H groups in total. The number of aliphatic hydroxyl groups is 3. The fourth-order valence-corrected chi connectivity index (χ4v) is 8.32. The van der Waals surface area contributed by atoms with Gasteiger partial charge in [-0.05, 0) is 50.0 Å². The molecule has 2 bridgehead atoms. The molecular formula is C35H48Ac2O10. The van der Waals surface area contributed by atoms with Crippen molar-refractivity contribution in [1.29, 1.82) is 0 Å². The van der Waals surface area contributed by atoms with Crippen LogP contribution < -0.4 is 0 Å². The number of rotatable bonds is 7. The maximum absolute atomic E-state index is 14.8. The van der Waals surface area contributed by atoms with E-state index in [4.69, 9.17) is 18.9 Å². The minimum Gasteiger partial charge on any atom is -0.458 e. The minimum absolute atomic E-state index is 0. The van der Waals surface area contributed by atoms with E-state index in [1.165, 1.54) is 0 Å². The van der Waals surface area contributed by atoms with Gasteiger partial charge in [0.25, 0.3) is 0 Å². The third-order valence-electron chi connectivity index (χ3n) is 11.6. The van der Waals surface area contributed by atoms with Gasteiger partial charge in [0.15, 0.2) is 5.78 Å². The van der Waals surface area contributed by atoms with Gasteiger partial charge in [-0.15, -0.1) is 0 Å². The summed E-state index contributed by atoms with van der Waals surface area (Å²) in [6.07, 6.45) is -5.89. The summed E-state index contributed by atoms with van der Waals surface area (Å²) in [6, 6.07) is 8.28. The molecule has 5 rings (SSSR count). The van der Waals surface area contributed by atoms with Crippen LogP contribution in [0, 0.1) is 117 Å². The van der Waals surface area contributed by atoms with Gasteiger partial charge in [-0.3, -0.25) is 9.59 Å². The number of hydrogen-bond donors (Lipinski definition) is 3. The van der Waals surface area contributed by atoms with Crippen molar-refractivity contribution in [2.24, 2.45) is 28.6 Å². The van der Waals surface area contributed by atoms with Crippen LogP contribution in [0.25, 0.3) is 0 Å².